The molecular formula is C9H9FN4. The molecule has 1 aromatic carbocycles. The van der Waals surface area contributed by atoms with Crippen molar-refractivity contribution < 1.29 is 4.39 Å². The molecule has 0 radical (unpaired) electrons. The summed E-state index contributed by atoms with van der Waals surface area (Å²) in [5, 5.41) is 7.48. The molecule has 0 saturated carbocycles. The maximum atomic E-state index is 13.5. The van der Waals surface area contributed by atoms with E-state index in [1.165, 1.54) is 12.4 Å². The standard InChI is InChI=1S/C9H9FN4/c1-14-5-12-13-9(14)6-3-2-4-7(11)8(6)10/h2-5H,11H2,1H3. The third-order valence-electron chi connectivity index (χ3n) is 1.98. The van der Waals surface area contributed by atoms with Crippen molar-refractivity contribution in [3.05, 3.63) is 30.3 Å². The van der Waals surface area contributed by atoms with Gasteiger partial charge in [0.05, 0.1) is 11.3 Å². The minimum absolute atomic E-state index is 0.116. The first-order valence-electron chi connectivity index (χ1n) is 4.08. The smallest absolute Gasteiger partial charge is 0.166 e. The number of aryl methyl sites for hydroxylation is 1. The Morgan fingerprint density at radius 2 is 2.21 bits per heavy atom. The normalized spacial score (nSPS) is 10.4. The Morgan fingerprint density at radius 3 is 2.86 bits per heavy atom. The third-order valence-corrected chi connectivity index (χ3v) is 1.98. The van der Waals surface area contributed by atoms with E-state index in [-0.39, 0.29) is 5.69 Å². The number of hydrogen-bond acceptors (Lipinski definition) is 3. The first-order valence-corrected chi connectivity index (χ1v) is 4.08. The van der Waals surface area contributed by atoms with E-state index < -0.39 is 5.82 Å². The Bertz CT molecular complexity index is 464. The maximum absolute atomic E-state index is 13.5. The second-order valence-electron chi connectivity index (χ2n) is 2.97. The molecule has 2 rings (SSSR count). The van der Waals surface area contributed by atoms with Crippen LogP contribution in [0.15, 0.2) is 24.5 Å². The van der Waals surface area contributed by atoms with Gasteiger partial charge in [-0.2, -0.15) is 0 Å². The van der Waals surface area contributed by atoms with E-state index in [1.54, 1.807) is 23.7 Å². The number of benzene rings is 1. The van der Waals surface area contributed by atoms with Crippen molar-refractivity contribution in [2.24, 2.45) is 7.05 Å². The SMILES string of the molecule is Cn1cnnc1-c1cccc(N)c1F. The largest absolute Gasteiger partial charge is 0.396 e. The lowest BCUT2D eigenvalue weighted by Gasteiger charge is -2.03. The van der Waals surface area contributed by atoms with Gasteiger partial charge in [-0.05, 0) is 12.1 Å². The van der Waals surface area contributed by atoms with E-state index >= 15 is 0 Å². The van der Waals surface area contributed by atoms with E-state index in [0.717, 1.165) is 0 Å². The zero-order chi connectivity index (χ0) is 10.1. The van der Waals surface area contributed by atoms with Gasteiger partial charge in [0, 0.05) is 7.05 Å². The van der Waals surface area contributed by atoms with Crippen LogP contribution >= 0.6 is 0 Å². The Balaban J connectivity index is 2.63. The van der Waals surface area contributed by atoms with Gasteiger partial charge in [0.2, 0.25) is 0 Å². The predicted octanol–water partition coefficient (Wildman–Crippen LogP) is 1.20. The highest BCUT2D eigenvalue weighted by atomic mass is 19.1. The first-order chi connectivity index (χ1) is 6.70. The second kappa shape index (κ2) is 3.10. The first kappa shape index (κ1) is 8.68. The number of nitrogens with two attached hydrogens (primary N) is 1. The van der Waals surface area contributed by atoms with Gasteiger partial charge in [0.15, 0.2) is 11.6 Å². The van der Waals surface area contributed by atoms with E-state index in [2.05, 4.69) is 10.2 Å². The highest BCUT2D eigenvalue weighted by Crippen LogP contribution is 2.23. The number of rotatable bonds is 1. The van der Waals surface area contributed by atoms with Crippen LogP contribution in [0.3, 0.4) is 0 Å². The highest BCUT2D eigenvalue weighted by Gasteiger charge is 2.11. The number of hydrogen-bond donors (Lipinski definition) is 1. The molecule has 0 spiro atoms. The quantitative estimate of drug-likeness (QED) is 0.691. The minimum Gasteiger partial charge on any atom is -0.396 e. The lowest BCUT2D eigenvalue weighted by molar-refractivity contribution is 0.633. The van der Waals surface area contributed by atoms with Gasteiger partial charge in [-0.1, -0.05) is 6.07 Å². The molecule has 0 fully saturated rings. The maximum Gasteiger partial charge on any atom is 0.166 e. The lowest BCUT2D eigenvalue weighted by Crippen LogP contribution is -1.97. The predicted molar refractivity (Wildman–Crippen MR) is 50.8 cm³/mol. The van der Waals surface area contributed by atoms with Gasteiger partial charge in [0.25, 0.3) is 0 Å². The second-order valence-corrected chi connectivity index (χ2v) is 2.97. The van der Waals surface area contributed by atoms with Crippen LogP contribution in [0.4, 0.5) is 10.1 Å². The molecule has 0 amide bonds. The average molecular weight is 192 g/mol. The number of aromatic nitrogens is 3. The summed E-state index contributed by atoms with van der Waals surface area (Å²) >= 11 is 0. The molecule has 72 valence electrons. The number of nitrogens with zero attached hydrogens (tertiary/aromatic N) is 3. The molecule has 0 atom stereocenters. The van der Waals surface area contributed by atoms with Crippen LogP contribution in [-0.2, 0) is 7.05 Å². The fourth-order valence-corrected chi connectivity index (χ4v) is 1.25. The molecule has 5 heteroatoms. The summed E-state index contributed by atoms with van der Waals surface area (Å²) in [5.41, 5.74) is 5.93. The molecular weight excluding hydrogens is 183 g/mol. The molecule has 0 aliphatic heterocycles. The molecule has 0 aliphatic rings. The molecule has 2 aromatic rings. The molecule has 1 heterocycles. The average Bonchev–Trinajstić information content (AvgIpc) is 2.57. The molecule has 4 nitrogen and oxygen atoms in total. The molecule has 0 aliphatic carbocycles. The summed E-state index contributed by atoms with van der Waals surface area (Å²) < 4.78 is 15.2. The zero-order valence-electron chi connectivity index (χ0n) is 7.61. The van der Waals surface area contributed by atoms with Crippen LogP contribution < -0.4 is 5.73 Å². The van der Waals surface area contributed by atoms with Crippen molar-refractivity contribution in [1.82, 2.24) is 14.8 Å². The zero-order valence-corrected chi connectivity index (χ0v) is 7.61. The number of anilines is 1. The Morgan fingerprint density at radius 1 is 1.43 bits per heavy atom. The van der Waals surface area contributed by atoms with Crippen LogP contribution in [0.1, 0.15) is 0 Å². The summed E-state index contributed by atoms with van der Waals surface area (Å²) in [5.74, 6) is 0.0124. The summed E-state index contributed by atoms with van der Waals surface area (Å²) in [6.45, 7) is 0. The molecule has 1 aromatic heterocycles. The van der Waals surface area contributed by atoms with Crippen LogP contribution in [0.25, 0.3) is 11.4 Å². The fraction of sp³-hybridized carbons (Fsp3) is 0.111. The van der Waals surface area contributed by atoms with Gasteiger partial charge in [-0.25, -0.2) is 4.39 Å². The van der Waals surface area contributed by atoms with Gasteiger partial charge in [0.1, 0.15) is 6.33 Å². The van der Waals surface area contributed by atoms with Crippen molar-refractivity contribution in [3.63, 3.8) is 0 Å². The summed E-state index contributed by atoms with van der Waals surface area (Å²) in [6.07, 6.45) is 1.51. The Labute approximate surface area is 80.2 Å². The van der Waals surface area contributed by atoms with Gasteiger partial charge >= 0.3 is 0 Å². The number of nitrogen functional groups attached to an aromatic ring is 1. The molecule has 0 unspecified atom stereocenters. The van der Waals surface area contributed by atoms with Gasteiger partial charge in [-0.3, -0.25) is 0 Å². The topological polar surface area (TPSA) is 56.7 Å². The van der Waals surface area contributed by atoms with E-state index in [4.69, 9.17) is 5.73 Å². The van der Waals surface area contributed by atoms with Crippen LogP contribution in [-0.4, -0.2) is 14.8 Å². The van der Waals surface area contributed by atoms with Crippen LogP contribution in [0.5, 0.6) is 0 Å². The van der Waals surface area contributed by atoms with Crippen molar-refractivity contribution >= 4 is 5.69 Å². The summed E-state index contributed by atoms with van der Waals surface area (Å²) in [7, 11) is 1.75. The van der Waals surface area contributed by atoms with E-state index in [1.807, 2.05) is 0 Å². The molecule has 2 N–H and O–H groups in total. The van der Waals surface area contributed by atoms with Crippen molar-refractivity contribution in [3.8, 4) is 11.4 Å². The summed E-state index contributed by atoms with van der Waals surface area (Å²) in [4.78, 5) is 0. The van der Waals surface area contributed by atoms with Crippen molar-refractivity contribution in [1.29, 1.82) is 0 Å². The number of halogens is 1. The van der Waals surface area contributed by atoms with Crippen molar-refractivity contribution in [2.75, 3.05) is 5.73 Å². The lowest BCUT2D eigenvalue weighted by atomic mass is 10.2. The molecule has 14 heavy (non-hydrogen) atoms. The fourth-order valence-electron chi connectivity index (χ4n) is 1.25. The van der Waals surface area contributed by atoms with Gasteiger partial charge < -0.3 is 10.3 Å². The highest BCUT2D eigenvalue weighted by molar-refractivity contribution is 5.62. The van der Waals surface area contributed by atoms with Crippen LogP contribution in [0.2, 0.25) is 0 Å². The Hall–Kier alpha value is -1.91. The molecule has 0 bridgehead atoms. The minimum atomic E-state index is -0.455. The summed E-state index contributed by atoms with van der Waals surface area (Å²) in [6, 6.07) is 4.81. The Kier molecular flexibility index (Phi) is 1.92. The van der Waals surface area contributed by atoms with E-state index in [0.29, 0.717) is 11.4 Å². The molecule has 0 saturated heterocycles. The third kappa shape index (κ3) is 1.22. The van der Waals surface area contributed by atoms with Crippen molar-refractivity contribution in [2.45, 2.75) is 0 Å². The monoisotopic (exact) mass is 192 g/mol. The van der Waals surface area contributed by atoms with Crippen LogP contribution in [0, 0.1) is 5.82 Å². The van der Waals surface area contributed by atoms with Gasteiger partial charge in [-0.15, -0.1) is 10.2 Å². The van der Waals surface area contributed by atoms with E-state index in [9.17, 15) is 4.39 Å².